The molecule has 1 amide bonds. The number of rotatable bonds is 8. The second-order valence-corrected chi connectivity index (χ2v) is 5.85. The van der Waals surface area contributed by atoms with Gasteiger partial charge in [-0.1, -0.05) is 19.1 Å². The van der Waals surface area contributed by atoms with Gasteiger partial charge in [-0.25, -0.2) is 0 Å². The Morgan fingerprint density at radius 2 is 2.21 bits per heavy atom. The van der Waals surface area contributed by atoms with Crippen LogP contribution in [0, 0.1) is 6.92 Å². The van der Waals surface area contributed by atoms with E-state index in [-0.39, 0.29) is 5.91 Å². The average molecular weight is 330 g/mol. The van der Waals surface area contributed by atoms with E-state index in [1.54, 1.807) is 17.9 Å². The van der Waals surface area contributed by atoms with Gasteiger partial charge in [-0.2, -0.15) is 5.10 Å². The number of nitrogens with one attached hydrogen (secondary N) is 2. The molecule has 1 aromatic carbocycles. The summed E-state index contributed by atoms with van der Waals surface area (Å²) in [7, 11) is 3.59. The van der Waals surface area contributed by atoms with Crippen molar-refractivity contribution in [2.45, 2.75) is 32.9 Å². The van der Waals surface area contributed by atoms with Crippen LogP contribution in [0.2, 0.25) is 0 Å². The molecule has 0 fully saturated rings. The Balaban J connectivity index is 2.05. The number of aromatic nitrogens is 2. The minimum Gasteiger partial charge on any atom is -0.493 e. The van der Waals surface area contributed by atoms with Crippen molar-refractivity contribution in [3.63, 3.8) is 0 Å². The molecule has 1 aromatic heterocycles. The summed E-state index contributed by atoms with van der Waals surface area (Å²) in [6, 6.07) is 5.60. The van der Waals surface area contributed by atoms with Crippen molar-refractivity contribution < 1.29 is 9.53 Å². The molecule has 2 N–H and O–H groups in total. The molecule has 0 radical (unpaired) electrons. The Morgan fingerprint density at radius 3 is 2.83 bits per heavy atom. The zero-order chi connectivity index (χ0) is 17.5. The molecule has 6 heteroatoms. The number of hydrogen-bond donors (Lipinski definition) is 2. The lowest BCUT2D eigenvalue weighted by Gasteiger charge is -2.16. The van der Waals surface area contributed by atoms with Crippen molar-refractivity contribution in [1.29, 1.82) is 0 Å². The van der Waals surface area contributed by atoms with Crippen molar-refractivity contribution in [2.75, 3.05) is 13.7 Å². The van der Waals surface area contributed by atoms with Gasteiger partial charge < -0.3 is 15.4 Å². The smallest absolute Gasteiger partial charge is 0.242 e. The van der Waals surface area contributed by atoms with Crippen LogP contribution in [0.4, 0.5) is 0 Å². The highest BCUT2D eigenvalue weighted by Gasteiger charge is 2.20. The van der Waals surface area contributed by atoms with Crippen LogP contribution in [0.25, 0.3) is 0 Å². The summed E-state index contributed by atoms with van der Waals surface area (Å²) < 4.78 is 7.48. The van der Waals surface area contributed by atoms with Crippen LogP contribution in [0.3, 0.4) is 0 Å². The van der Waals surface area contributed by atoms with E-state index in [0.29, 0.717) is 13.2 Å². The number of carbonyl (C=O) groups excluding carboxylic acids is 1. The molecule has 0 aliphatic carbocycles. The SMILES string of the molecule is CCCOc1cc(C)ccc1CNC(=O)C(NC)c1cnn(C)c1. The molecule has 0 aliphatic rings. The van der Waals surface area contributed by atoms with Crippen LogP contribution in [0.1, 0.15) is 36.1 Å². The van der Waals surface area contributed by atoms with Gasteiger partial charge in [0.25, 0.3) is 0 Å². The number of benzene rings is 1. The van der Waals surface area contributed by atoms with E-state index in [0.717, 1.165) is 28.9 Å². The highest BCUT2D eigenvalue weighted by Crippen LogP contribution is 2.21. The minimum absolute atomic E-state index is 0.0903. The summed E-state index contributed by atoms with van der Waals surface area (Å²) in [5.41, 5.74) is 2.95. The van der Waals surface area contributed by atoms with Crippen molar-refractivity contribution in [3.05, 3.63) is 47.3 Å². The summed E-state index contributed by atoms with van der Waals surface area (Å²) in [6.45, 7) is 5.19. The fourth-order valence-electron chi connectivity index (χ4n) is 2.48. The number of hydrogen-bond acceptors (Lipinski definition) is 4. The molecule has 2 rings (SSSR count). The molecule has 0 saturated heterocycles. The van der Waals surface area contributed by atoms with Crippen molar-refractivity contribution in [1.82, 2.24) is 20.4 Å². The monoisotopic (exact) mass is 330 g/mol. The summed E-state index contributed by atoms with van der Waals surface area (Å²) in [5, 5.41) is 10.1. The number of carbonyl (C=O) groups is 1. The Labute approximate surface area is 143 Å². The topological polar surface area (TPSA) is 68.2 Å². The zero-order valence-corrected chi connectivity index (χ0v) is 14.8. The normalized spacial score (nSPS) is 12.0. The highest BCUT2D eigenvalue weighted by atomic mass is 16.5. The Morgan fingerprint density at radius 1 is 1.42 bits per heavy atom. The van der Waals surface area contributed by atoms with Gasteiger partial charge in [-0.05, 0) is 32.0 Å². The van der Waals surface area contributed by atoms with E-state index in [1.165, 1.54) is 0 Å². The van der Waals surface area contributed by atoms with Crippen LogP contribution in [-0.2, 0) is 18.4 Å². The van der Waals surface area contributed by atoms with Gasteiger partial charge in [-0.15, -0.1) is 0 Å². The van der Waals surface area contributed by atoms with Crippen LogP contribution in [-0.4, -0.2) is 29.3 Å². The first-order chi connectivity index (χ1) is 11.5. The molecule has 6 nitrogen and oxygen atoms in total. The fourth-order valence-corrected chi connectivity index (χ4v) is 2.48. The van der Waals surface area contributed by atoms with Crippen LogP contribution in [0.15, 0.2) is 30.6 Å². The van der Waals surface area contributed by atoms with Crippen LogP contribution in [0.5, 0.6) is 5.75 Å². The summed E-state index contributed by atoms with van der Waals surface area (Å²) in [5.74, 6) is 0.743. The predicted molar refractivity (Wildman–Crippen MR) is 93.8 cm³/mol. The van der Waals surface area contributed by atoms with E-state index in [9.17, 15) is 4.79 Å². The van der Waals surface area contributed by atoms with E-state index < -0.39 is 6.04 Å². The summed E-state index contributed by atoms with van der Waals surface area (Å²) in [6.07, 6.45) is 4.48. The predicted octanol–water partition coefficient (Wildman–Crippen LogP) is 2.09. The summed E-state index contributed by atoms with van der Waals surface area (Å²) >= 11 is 0. The Hall–Kier alpha value is -2.34. The maximum atomic E-state index is 12.5. The van der Waals surface area contributed by atoms with E-state index in [1.807, 2.05) is 38.4 Å². The average Bonchev–Trinajstić information content (AvgIpc) is 2.98. The Kier molecular flexibility index (Phi) is 6.37. The molecule has 24 heavy (non-hydrogen) atoms. The molecule has 2 aromatic rings. The Bertz CT molecular complexity index is 681. The van der Waals surface area contributed by atoms with E-state index in [4.69, 9.17) is 4.74 Å². The minimum atomic E-state index is -0.427. The molecule has 1 unspecified atom stereocenters. The lowest BCUT2D eigenvalue weighted by Crippen LogP contribution is -2.35. The van der Waals surface area contributed by atoms with Crippen molar-refractivity contribution in [2.24, 2.45) is 7.05 Å². The van der Waals surface area contributed by atoms with Gasteiger partial charge in [0.05, 0.1) is 12.8 Å². The molecule has 0 spiro atoms. The molecule has 0 saturated carbocycles. The standard InChI is InChI=1S/C18H26N4O2/c1-5-8-24-16-9-13(2)6-7-14(16)10-20-18(23)17(19-3)15-11-21-22(4)12-15/h6-7,9,11-12,17,19H,5,8,10H2,1-4H3,(H,20,23). The van der Waals surface area contributed by atoms with Gasteiger partial charge in [0.2, 0.25) is 5.91 Å². The third-order valence-electron chi connectivity index (χ3n) is 3.75. The molecule has 0 aliphatic heterocycles. The first-order valence-corrected chi connectivity index (χ1v) is 8.21. The number of ether oxygens (including phenoxy) is 1. The second kappa shape index (κ2) is 8.49. The molecule has 1 heterocycles. The lowest BCUT2D eigenvalue weighted by molar-refractivity contribution is -0.123. The van der Waals surface area contributed by atoms with Gasteiger partial charge in [0.15, 0.2) is 0 Å². The second-order valence-electron chi connectivity index (χ2n) is 5.85. The van der Waals surface area contributed by atoms with Crippen LogP contribution >= 0.6 is 0 Å². The number of nitrogens with zero attached hydrogens (tertiary/aromatic N) is 2. The molecule has 130 valence electrons. The van der Waals surface area contributed by atoms with Gasteiger partial charge in [0, 0.05) is 30.9 Å². The number of aryl methyl sites for hydroxylation is 2. The summed E-state index contributed by atoms with van der Waals surface area (Å²) in [4.78, 5) is 12.5. The van der Waals surface area contributed by atoms with Gasteiger partial charge >= 0.3 is 0 Å². The molecule has 1 atom stereocenters. The van der Waals surface area contributed by atoms with E-state index >= 15 is 0 Å². The van der Waals surface area contributed by atoms with E-state index in [2.05, 4.69) is 22.7 Å². The molecular weight excluding hydrogens is 304 g/mol. The van der Waals surface area contributed by atoms with Gasteiger partial charge in [-0.3, -0.25) is 9.48 Å². The third kappa shape index (κ3) is 4.58. The zero-order valence-electron chi connectivity index (χ0n) is 14.8. The lowest BCUT2D eigenvalue weighted by atomic mass is 10.1. The highest BCUT2D eigenvalue weighted by molar-refractivity contribution is 5.83. The maximum Gasteiger partial charge on any atom is 0.242 e. The van der Waals surface area contributed by atoms with Crippen molar-refractivity contribution in [3.8, 4) is 5.75 Å². The third-order valence-corrected chi connectivity index (χ3v) is 3.75. The van der Waals surface area contributed by atoms with Gasteiger partial charge in [0.1, 0.15) is 11.8 Å². The maximum absolute atomic E-state index is 12.5. The van der Waals surface area contributed by atoms with Crippen molar-refractivity contribution >= 4 is 5.91 Å². The first kappa shape index (κ1) is 18.0. The number of amides is 1. The number of likely N-dealkylation sites (N-methyl/N-ethyl adjacent to an activating group) is 1. The quantitative estimate of drug-likeness (QED) is 0.778. The first-order valence-electron chi connectivity index (χ1n) is 8.21. The molecular formula is C18H26N4O2. The molecule has 0 bridgehead atoms. The van der Waals surface area contributed by atoms with Crippen LogP contribution < -0.4 is 15.4 Å². The largest absolute Gasteiger partial charge is 0.493 e. The fraction of sp³-hybridized carbons (Fsp3) is 0.444.